The molecule has 0 radical (unpaired) electrons. The molecule has 2 aliphatic rings. The first-order valence-electron chi connectivity index (χ1n) is 10.4. The number of benzene rings is 2. The molecule has 162 valence electrons. The van der Waals surface area contributed by atoms with Crippen LogP contribution in [0.15, 0.2) is 66.1 Å². The number of rotatable bonds is 6. The van der Waals surface area contributed by atoms with Crippen molar-refractivity contribution in [2.24, 2.45) is 11.3 Å². The summed E-state index contributed by atoms with van der Waals surface area (Å²) in [5.41, 5.74) is -0.903. The Morgan fingerprint density at radius 2 is 1.81 bits per heavy atom. The molecule has 1 N–H and O–H groups in total. The molecule has 1 aliphatic heterocycles. The van der Waals surface area contributed by atoms with Crippen molar-refractivity contribution >= 4 is 28.3 Å². The second-order valence-electron chi connectivity index (χ2n) is 8.31. The first kappa shape index (κ1) is 21.0. The van der Waals surface area contributed by atoms with Crippen LogP contribution in [0.2, 0.25) is 0 Å². The number of carbonyl (C=O) groups is 2. The molecule has 4 rings (SSSR count). The molecule has 1 saturated heterocycles. The van der Waals surface area contributed by atoms with Gasteiger partial charge in [0.15, 0.2) is 11.5 Å². The number of imide groups is 1. The van der Waals surface area contributed by atoms with E-state index in [1.54, 1.807) is 6.08 Å². The van der Waals surface area contributed by atoms with Crippen molar-refractivity contribution in [3.63, 3.8) is 0 Å². The van der Waals surface area contributed by atoms with Crippen LogP contribution < -0.4 is 10.2 Å². The molecule has 0 bridgehead atoms. The van der Waals surface area contributed by atoms with Crippen LogP contribution in [-0.2, 0) is 19.1 Å². The molecule has 3 atom stereocenters. The standard InChI is InChI=1S/C25H28N2O4/c1-6-24(2,27(3)18-12-11-16-9-7-8-10-17(16)15-18)25-14-13-19(30-4)21(31-5)20(25)22(28)26-23(25)29/h7-15,20H,6H2,1-5H3,(H,26,28,29). The molecule has 0 spiro atoms. The van der Waals surface area contributed by atoms with E-state index in [1.165, 1.54) is 14.2 Å². The molecule has 6 heteroatoms. The number of carbonyl (C=O) groups excluding carboxylic acids is 2. The highest BCUT2D eigenvalue weighted by Gasteiger charge is 2.67. The number of amides is 2. The van der Waals surface area contributed by atoms with Crippen molar-refractivity contribution < 1.29 is 19.1 Å². The highest BCUT2D eigenvalue weighted by atomic mass is 16.5. The first-order chi connectivity index (χ1) is 14.8. The number of hydrogen-bond acceptors (Lipinski definition) is 5. The Hall–Kier alpha value is -3.28. The lowest BCUT2D eigenvalue weighted by Crippen LogP contribution is -2.62. The van der Waals surface area contributed by atoms with E-state index in [0.29, 0.717) is 17.9 Å². The van der Waals surface area contributed by atoms with Gasteiger partial charge in [-0.1, -0.05) is 43.3 Å². The Morgan fingerprint density at radius 1 is 1.10 bits per heavy atom. The largest absolute Gasteiger partial charge is 0.496 e. The van der Waals surface area contributed by atoms with E-state index >= 15 is 0 Å². The lowest BCUT2D eigenvalue weighted by atomic mass is 9.59. The van der Waals surface area contributed by atoms with Crippen LogP contribution in [0.1, 0.15) is 20.3 Å². The molecule has 1 heterocycles. The van der Waals surface area contributed by atoms with Gasteiger partial charge in [0.2, 0.25) is 11.8 Å². The van der Waals surface area contributed by atoms with Gasteiger partial charge in [-0.25, -0.2) is 0 Å². The molecule has 1 aliphatic carbocycles. The molecule has 2 aromatic carbocycles. The fourth-order valence-electron chi connectivity index (χ4n) is 5.15. The SMILES string of the molecule is CCC(C)(N(C)c1ccc2ccccc2c1)C12C=CC(OC)=C(OC)C1C(=O)NC2=O. The maximum Gasteiger partial charge on any atom is 0.240 e. The zero-order valence-corrected chi connectivity index (χ0v) is 18.6. The number of nitrogens with one attached hydrogen (secondary N) is 1. The third-order valence-corrected chi connectivity index (χ3v) is 7.21. The second kappa shape index (κ2) is 7.45. The number of allylic oxidation sites excluding steroid dienone is 1. The molecule has 0 aromatic heterocycles. The van der Waals surface area contributed by atoms with Gasteiger partial charge in [-0.05, 0) is 42.3 Å². The number of methoxy groups -OCH3 is 2. The maximum atomic E-state index is 13.4. The molecule has 0 saturated carbocycles. The van der Waals surface area contributed by atoms with Crippen molar-refractivity contribution in [3.05, 3.63) is 66.1 Å². The Kier molecular flexibility index (Phi) is 5.04. The number of fused-ring (bicyclic) bond motifs is 2. The van der Waals surface area contributed by atoms with E-state index in [1.807, 2.05) is 39.1 Å². The molecule has 6 nitrogen and oxygen atoms in total. The topological polar surface area (TPSA) is 67.9 Å². The molecule has 31 heavy (non-hydrogen) atoms. The van der Waals surface area contributed by atoms with Crippen molar-refractivity contribution in [1.29, 1.82) is 0 Å². The number of nitrogens with zero attached hydrogens (tertiary/aromatic N) is 1. The quantitative estimate of drug-likeness (QED) is 0.721. The van der Waals surface area contributed by atoms with Crippen molar-refractivity contribution in [3.8, 4) is 0 Å². The van der Waals surface area contributed by atoms with E-state index < -0.39 is 16.9 Å². The highest BCUT2D eigenvalue weighted by Crippen LogP contribution is 2.54. The van der Waals surface area contributed by atoms with Crippen molar-refractivity contribution in [2.45, 2.75) is 25.8 Å². The predicted octanol–water partition coefficient (Wildman–Crippen LogP) is 3.78. The Balaban J connectivity index is 1.89. The second-order valence-corrected chi connectivity index (χ2v) is 8.31. The number of anilines is 1. The van der Waals surface area contributed by atoms with Crippen LogP contribution in [0.3, 0.4) is 0 Å². The lowest BCUT2D eigenvalue weighted by molar-refractivity contribution is -0.129. The van der Waals surface area contributed by atoms with Gasteiger partial charge in [-0.2, -0.15) is 0 Å². The van der Waals surface area contributed by atoms with E-state index in [4.69, 9.17) is 9.47 Å². The average Bonchev–Trinajstić information content (AvgIpc) is 3.07. The summed E-state index contributed by atoms with van der Waals surface area (Å²) in [4.78, 5) is 28.5. The van der Waals surface area contributed by atoms with Gasteiger partial charge in [0, 0.05) is 12.7 Å². The summed E-state index contributed by atoms with van der Waals surface area (Å²) in [5.74, 6) is -0.662. The monoisotopic (exact) mass is 420 g/mol. The summed E-state index contributed by atoms with van der Waals surface area (Å²) in [6, 6.07) is 14.4. The number of hydrogen-bond donors (Lipinski definition) is 1. The van der Waals surface area contributed by atoms with Crippen LogP contribution in [0, 0.1) is 11.3 Å². The lowest BCUT2D eigenvalue weighted by Gasteiger charge is -2.52. The normalized spacial score (nSPS) is 24.6. The number of ether oxygens (including phenoxy) is 2. The van der Waals surface area contributed by atoms with E-state index in [2.05, 4.69) is 40.5 Å². The summed E-state index contributed by atoms with van der Waals surface area (Å²) < 4.78 is 11.0. The molecule has 3 unspecified atom stereocenters. The molecular formula is C25H28N2O4. The zero-order valence-electron chi connectivity index (χ0n) is 18.6. The van der Waals surface area contributed by atoms with Crippen LogP contribution in [0.5, 0.6) is 0 Å². The minimum atomic E-state index is -1.15. The first-order valence-corrected chi connectivity index (χ1v) is 10.4. The zero-order chi connectivity index (χ0) is 22.4. The average molecular weight is 421 g/mol. The van der Waals surface area contributed by atoms with Crippen LogP contribution in [0.4, 0.5) is 5.69 Å². The fourth-order valence-corrected chi connectivity index (χ4v) is 5.15. The molecular weight excluding hydrogens is 392 g/mol. The van der Waals surface area contributed by atoms with E-state index in [0.717, 1.165) is 16.5 Å². The van der Waals surface area contributed by atoms with Gasteiger partial charge in [-0.3, -0.25) is 14.9 Å². The van der Waals surface area contributed by atoms with Gasteiger partial charge in [-0.15, -0.1) is 0 Å². The van der Waals surface area contributed by atoms with Gasteiger partial charge in [0.25, 0.3) is 0 Å². The summed E-state index contributed by atoms with van der Waals surface area (Å²) in [5, 5.41) is 4.82. The third kappa shape index (κ3) is 2.77. The maximum absolute atomic E-state index is 13.4. The smallest absolute Gasteiger partial charge is 0.240 e. The summed E-state index contributed by atoms with van der Waals surface area (Å²) >= 11 is 0. The van der Waals surface area contributed by atoms with Crippen LogP contribution in [0.25, 0.3) is 10.8 Å². The summed E-state index contributed by atoms with van der Waals surface area (Å²) in [6.07, 6.45) is 4.19. The minimum absolute atomic E-state index is 0.319. The molecule has 2 amide bonds. The Morgan fingerprint density at radius 3 is 2.45 bits per heavy atom. The van der Waals surface area contributed by atoms with Crippen molar-refractivity contribution in [1.82, 2.24) is 5.32 Å². The highest BCUT2D eigenvalue weighted by molar-refractivity contribution is 6.11. The van der Waals surface area contributed by atoms with Gasteiger partial charge >= 0.3 is 0 Å². The third-order valence-electron chi connectivity index (χ3n) is 7.21. The summed E-state index contributed by atoms with van der Waals surface area (Å²) in [7, 11) is 5.01. The van der Waals surface area contributed by atoms with Crippen LogP contribution >= 0.6 is 0 Å². The Bertz CT molecular complexity index is 1120. The minimum Gasteiger partial charge on any atom is -0.496 e. The van der Waals surface area contributed by atoms with Crippen LogP contribution in [-0.4, -0.2) is 38.6 Å². The Labute approximate surface area is 182 Å². The van der Waals surface area contributed by atoms with Gasteiger partial charge in [0.1, 0.15) is 11.3 Å². The van der Waals surface area contributed by atoms with E-state index in [-0.39, 0.29) is 11.8 Å². The fraction of sp³-hybridized carbons (Fsp3) is 0.360. The van der Waals surface area contributed by atoms with Gasteiger partial charge in [0.05, 0.1) is 19.8 Å². The molecule has 2 aromatic rings. The van der Waals surface area contributed by atoms with E-state index in [9.17, 15) is 9.59 Å². The predicted molar refractivity (Wildman–Crippen MR) is 120 cm³/mol. The molecule has 1 fully saturated rings. The van der Waals surface area contributed by atoms with Crippen molar-refractivity contribution in [2.75, 3.05) is 26.2 Å². The summed E-state index contributed by atoms with van der Waals surface area (Å²) in [6.45, 7) is 4.07. The van der Waals surface area contributed by atoms with Gasteiger partial charge < -0.3 is 14.4 Å².